The van der Waals surface area contributed by atoms with Gasteiger partial charge in [-0.05, 0) is 17.5 Å². The summed E-state index contributed by atoms with van der Waals surface area (Å²) in [6.07, 6.45) is 3.17. The first-order chi connectivity index (χ1) is 8.20. The lowest BCUT2D eigenvalue weighted by molar-refractivity contribution is -0.137. The summed E-state index contributed by atoms with van der Waals surface area (Å²) < 4.78 is 0. The van der Waals surface area contributed by atoms with Gasteiger partial charge in [0.1, 0.15) is 0 Å². The first kappa shape index (κ1) is 11.5. The Kier molecular flexibility index (Phi) is 3.35. The number of hydrogen-bond donors (Lipinski definition) is 1. The fourth-order valence-corrected chi connectivity index (χ4v) is 1.71. The van der Waals surface area contributed by atoms with Crippen LogP contribution in [0, 0.1) is 0 Å². The highest BCUT2D eigenvalue weighted by atomic mass is 16.3. The third-order valence-electron chi connectivity index (χ3n) is 2.66. The molecular formula is C13H13NO3. The molecule has 4 heteroatoms. The van der Waals surface area contributed by atoms with E-state index < -0.39 is 0 Å². The highest BCUT2D eigenvalue weighted by Gasteiger charge is 2.22. The number of hydrogen-bond acceptors (Lipinski definition) is 3. The number of aliphatic hydroxyl groups is 1. The number of rotatable bonds is 4. The molecule has 0 bridgehead atoms. The summed E-state index contributed by atoms with van der Waals surface area (Å²) in [6, 6.07) is 7.52. The molecule has 0 saturated heterocycles. The molecule has 17 heavy (non-hydrogen) atoms. The number of carbonyl (C=O) groups excluding carboxylic acids is 2. The minimum atomic E-state index is -0.269. The van der Waals surface area contributed by atoms with Crippen LogP contribution in [0.25, 0.3) is 0 Å². The van der Waals surface area contributed by atoms with Crippen molar-refractivity contribution in [3.63, 3.8) is 0 Å². The van der Waals surface area contributed by atoms with E-state index >= 15 is 0 Å². The second-order valence-electron chi connectivity index (χ2n) is 3.89. The number of amides is 2. The fraction of sp³-hybridized carbons (Fsp3) is 0.231. The van der Waals surface area contributed by atoms with Crippen molar-refractivity contribution in [3.8, 4) is 0 Å². The Morgan fingerprint density at radius 3 is 2.00 bits per heavy atom. The molecule has 2 amide bonds. The summed E-state index contributed by atoms with van der Waals surface area (Å²) in [5.74, 6) is -0.538. The highest BCUT2D eigenvalue weighted by molar-refractivity contribution is 6.12. The van der Waals surface area contributed by atoms with Crippen LogP contribution in [0.5, 0.6) is 0 Å². The number of nitrogens with zero attached hydrogens (tertiary/aromatic N) is 1. The maximum atomic E-state index is 11.3. The van der Waals surface area contributed by atoms with Crippen molar-refractivity contribution in [3.05, 3.63) is 47.5 Å². The van der Waals surface area contributed by atoms with Crippen LogP contribution < -0.4 is 0 Å². The first-order valence-electron chi connectivity index (χ1n) is 5.43. The molecule has 88 valence electrons. The van der Waals surface area contributed by atoms with Crippen molar-refractivity contribution >= 4 is 11.8 Å². The van der Waals surface area contributed by atoms with Crippen LogP contribution in [-0.2, 0) is 22.6 Å². The normalized spacial score (nSPS) is 14.8. The van der Waals surface area contributed by atoms with Crippen molar-refractivity contribution in [2.75, 3.05) is 6.61 Å². The molecule has 1 heterocycles. The Morgan fingerprint density at radius 1 is 0.941 bits per heavy atom. The van der Waals surface area contributed by atoms with E-state index in [1.807, 2.05) is 24.3 Å². The van der Waals surface area contributed by atoms with Gasteiger partial charge in [0.2, 0.25) is 0 Å². The topological polar surface area (TPSA) is 57.6 Å². The zero-order valence-electron chi connectivity index (χ0n) is 9.30. The molecule has 1 aliphatic rings. The first-order valence-corrected chi connectivity index (χ1v) is 5.43. The summed E-state index contributed by atoms with van der Waals surface area (Å²) in [5.41, 5.74) is 1.94. The van der Waals surface area contributed by atoms with Crippen LogP contribution in [0.3, 0.4) is 0 Å². The molecule has 0 radical (unpaired) electrons. The van der Waals surface area contributed by atoms with Crippen molar-refractivity contribution in [2.24, 2.45) is 0 Å². The van der Waals surface area contributed by atoms with E-state index in [1.54, 1.807) is 0 Å². The lowest BCUT2D eigenvalue weighted by Gasteiger charge is -2.13. The lowest BCUT2D eigenvalue weighted by atomic mass is 10.1. The van der Waals surface area contributed by atoms with E-state index in [2.05, 4.69) is 0 Å². The number of carbonyl (C=O) groups is 2. The van der Waals surface area contributed by atoms with E-state index in [0.717, 1.165) is 11.1 Å². The molecular weight excluding hydrogens is 218 g/mol. The van der Waals surface area contributed by atoms with Gasteiger partial charge in [0.15, 0.2) is 0 Å². The lowest BCUT2D eigenvalue weighted by Crippen LogP contribution is -2.29. The van der Waals surface area contributed by atoms with Gasteiger partial charge >= 0.3 is 0 Å². The van der Waals surface area contributed by atoms with Gasteiger partial charge in [0.25, 0.3) is 11.8 Å². The van der Waals surface area contributed by atoms with E-state index in [-0.39, 0.29) is 18.4 Å². The minimum absolute atomic E-state index is 0.117. The summed E-state index contributed by atoms with van der Waals surface area (Å²) in [6.45, 7) is 0.413. The van der Waals surface area contributed by atoms with Crippen LogP contribution in [0.2, 0.25) is 0 Å². The van der Waals surface area contributed by atoms with Crippen LogP contribution in [0.4, 0.5) is 0 Å². The molecule has 0 atom stereocenters. The third-order valence-corrected chi connectivity index (χ3v) is 2.66. The molecule has 0 aliphatic carbocycles. The number of imide groups is 1. The monoisotopic (exact) mass is 231 g/mol. The fourth-order valence-electron chi connectivity index (χ4n) is 1.71. The predicted octanol–water partition coefficient (Wildman–Crippen LogP) is 0.646. The molecule has 4 nitrogen and oxygen atoms in total. The minimum Gasteiger partial charge on any atom is -0.396 e. The molecule has 1 aromatic rings. The SMILES string of the molecule is O=C1C=CC(=O)N1Cc1ccc(CCO)cc1. The van der Waals surface area contributed by atoms with E-state index in [9.17, 15) is 9.59 Å². The quantitative estimate of drug-likeness (QED) is 0.774. The van der Waals surface area contributed by atoms with Gasteiger partial charge in [0, 0.05) is 18.8 Å². The van der Waals surface area contributed by atoms with Crippen molar-refractivity contribution in [1.82, 2.24) is 4.90 Å². The molecule has 0 aromatic heterocycles. The Morgan fingerprint density at radius 2 is 1.47 bits per heavy atom. The summed E-state index contributed by atoms with van der Waals surface area (Å²) in [5, 5.41) is 8.78. The maximum absolute atomic E-state index is 11.3. The molecule has 1 aromatic carbocycles. The molecule has 1 aliphatic heterocycles. The van der Waals surface area contributed by atoms with Crippen LogP contribution in [0.1, 0.15) is 11.1 Å². The van der Waals surface area contributed by atoms with Gasteiger partial charge in [-0.2, -0.15) is 0 Å². The van der Waals surface area contributed by atoms with Gasteiger partial charge in [-0.3, -0.25) is 14.5 Å². The maximum Gasteiger partial charge on any atom is 0.253 e. The zero-order valence-corrected chi connectivity index (χ0v) is 9.30. The van der Waals surface area contributed by atoms with Crippen LogP contribution in [-0.4, -0.2) is 28.4 Å². The molecule has 1 N–H and O–H groups in total. The van der Waals surface area contributed by atoms with Gasteiger partial charge in [0.05, 0.1) is 6.54 Å². The molecule has 0 fully saturated rings. The van der Waals surface area contributed by atoms with E-state index in [1.165, 1.54) is 17.1 Å². The molecule has 0 spiro atoms. The second kappa shape index (κ2) is 4.93. The molecule has 0 unspecified atom stereocenters. The van der Waals surface area contributed by atoms with Crippen molar-refractivity contribution in [1.29, 1.82) is 0 Å². The van der Waals surface area contributed by atoms with Crippen LogP contribution in [0.15, 0.2) is 36.4 Å². The Bertz CT molecular complexity index is 444. The van der Waals surface area contributed by atoms with Gasteiger partial charge in [-0.15, -0.1) is 0 Å². The number of aliphatic hydroxyl groups excluding tert-OH is 1. The highest BCUT2D eigenvalue weighted by Crippen LogP contribution is 2.12. The van der Waals surface area contributed by atoms with Crippen LogP contribution >= 0.6 is 0 Å². The third kappa shape index (κ3) is 2.60. The van der Waals surface area contributed by atoms with Gasteiger partial charge < -0.3 is 5.11 Å². The predicted molar refractivity (Wildman–Crippen MR) is 61.9 cm³/mol. The smallest absolute Gasteiger partial charge is 0.253 e. The standard InChI is InChI=1S/C13H13NO3/c15-8-7-10-1-3-11(4-2-10)9-14-12(16)5-6-13(14)17/h1-6,15H,7-9H2. The molecule has 0 saturated carbocycles. The summed E-state index contributed by atoms with van der Waals surface area (Å²) in [4.78, 5) is 23.9. The van der Waals surface area contributed by atoms with Gasteiger partial charge in [-0.25, -0.2) is 0 Å². The largest absolute Gasteiger partial charge is 0.396 e. The van der Waals surface area contributed by atoms with Gasteiger partial charge in [-0.1, -0.05) is 24.3 Å². The zero-order chi connectivity index (χ0) is 12.3. The average molecular weight is 231 g/mol. The Hall–Kier alpha value is -1.94. The molecule has 2 rings (SSSR count). The Balaban J connectivity index is 2.04. The van der Waals surface area contributed by atoms with Crippen molar-refractivity contribution in [2.45, 2.75) is 13.0 Å². The van der Waals surface area contributed by atoms with E-state index in [0.29, 0.717) is 13.0 Å². The summed E-state index contributed by atoms with van der Waals surface area (Å²) in [7, 11) is 0. The second-order valence-corrected chi connectivity index (χ2v) is 3.89. The summed E-state index contributed by atoms with van der Waals surface area (Å²) >= 11 is 0. The Labute approximate surface area is 99.2 Å². The average Bonchev–Trinajstić information content (AvgIpc) is 2.64. The number of benzene rings is 1. The van der Waals surface area contributed by atoms with E-state index in [4.69, 9.17) is 5.11 Å². The van der Waals surface area contributed by atoms with Crippen molar-refractivity contribution < 1.29 is 14.7 Å².